The van der Waals surface area contributed by atoms with E-state index in [-0.39, 0.29) is 24.4 Å². The van der Waals surface area contributed by atoms with Crippen molar-refractivity contribution in [2.75, 3.05) is 13.6 Å². The number of amides is 3. The fourth-order valence-corrected chi connectivity index (χ4v) is 4.67. The zero-order valence-corrected chi connectivity index (χ0v) is 21.7. The number of thiazole rings is 1. The molecule has 10 heteroatoms. The van der Waals surface area contributed by atoms with Crippen LogP contribution in [0.2, 0.25) is 0 Å². The zero-order chi connectivity index (χ0) is 26.0. The van der Waals surface area contributed by atoms with Gasteiger partial charge >= 0.3 is 6.09 Å². The van der Waals surface area contributed by atoms with E-state index in [1.165, 1.54) is 11.3 Å². The van der Waals surface area contributed by atoms with Gasteiger partial charge in [-0.2, -0.15) is 0 Å². The molecule has 0 aliphatic carbocycles. The number of aromatic nitrogens is 2. The van der Waals surface area contributed by atoms with Gasteiger partial charge < -0.3 is 20.7 Å². The predicted octanol–water partition coefficient (Wildman–Crippen LogP) is 4.22. The van der Waals surface area contributed by atoms with Crippen LogP contribution < -0.4 is 16.0 Å². The summed E-state index contributed by atoms with van der Waals surface area (Å²) in [5.74, 6) is -0.356. The molecule has 2 aromatic carbocycles. The molecule has 0 bridgehead atoms. The molecular formula is C26H29N5O4S. The highest BCUT2D eigenvalue weighted by Gasteiger charge is 2.18. The van der Waals surface area contributed by atoms with Crippen LogP contribution in [-0.4, -0.2) is 52.5 Å². The number of carbonyl (C=O) groups excluding carboxylic acids is 3. The molecule has 2 aromatic heterocycles. The lowest BCUT2D eigenvalue weighted by molar-refractivity contribution is 0.0521. The second kappa shape index (κ2) is 9.98. The molecular weight excluding hydrogens is 478 g/mol. The fraction of sp³-hybridized carbons (Fsp3) is 0.308. The molecule has 0 saturated heterocycles. The summed E-state index contributed by atoms with van der Waals surface area (Å²) in [6, 6.07) is 12.5. The SMILES string of the molecule is CNC(=O)c1ccc(-c2cn3c(n2)sc2cc(C(=O)N[C@@H](C)CNC(=O)OC(C)(C)C)ccc23)cc1. The molecule has 188 valence electrons. The first kappa shape index (κ1) is 25.2. The van der Waals surface area contributed by atoms with Gasteiger partial charge in [0, 0.05) is 42.5 Å². The van der Waals surface area contributed by atoms with Crippen LogP contribution in [-0.2, 0) is 4.74 Å². The van der Waals surface area contributed by atoms with E-state index >= 15 is 0 Å². The molecule has 0 saturated carbocycles. The Kier molecular flexibility index (Phi) is 6.98. The Morgan fingerprint density at radius 2 is 1.75 bits per heavy atom. The second-order valence-electron chi connectivity index (χ2n) is 9.48. The Hall–Kier alpha value is -3.92. The summed E-state index contributed by atoms with van der Waals surface area (Å²) < 4.78 is 8.15. The minimum Gasteiger partial charge on any atom is -0.444 e. The van der Waals surface area contributed by atoms with E-state index in [2.05, 4.69) is 16.0 Å². The number of imidazole rings is 1. The average Bonchev–Trinajstić information content (AvgIpc) is 3.39. The van der Waals surface area contributed by atoms with E-state index in [0.717, 1.165) is 26.4 Å². The molecule has 0 aliphatic heterocycles. The Balaban J connectivity index is 1.45. The first-order valence-corrected chi connectivity index (χ1v) is 12.4. The highest BCUT2D eigenvalue weighted by Crippen LogP contribution is 2.30. The molecule has 0 fully saturated rings. The lowest BCUT2D eigenvalue weighted by atomic mass is 10.1. The maximum Gasteiger partial charge on any atom is 0.407 e. The van der Waals surface area contributed by atoms with Crippen molar-refractivity contribution < 1.29 is 19.1 Å². The van der Waals surface area contributed by atoms with Gasteiger partial charge in [-0.25, -0.2) is 9.78 Å². The van der Waals surface area contributed by atoms with E-state index in [1.807, 2.05) is 41.8 Å². The van der Waals surface area contributed by atoms with Crippen molar-refractivity contribution in [3.8, 4) is 11.3 Å². The van der Waals surface area contributed by atoms with Gasteiger partial charge in [-0.05, 0) is 58.0 Å². The van der Waals surface area contributed by atoms with Gasteiger partial charge in [0.15, 0.2) is 4.96 Å². The molecule has 0 spiro atoms. The molecule has 9 nitrogen and oxygen atoms in total. The number of hydrogen-bond acceptors (Lipinski definition) is 6. The quantitative estimate of drug-likeness (QED) is 0.362. The largest absolute Gasteiger partial charge is 0.444 e. The van der Waals surface area contributed by atoms with Gasteiger partial charge in [0.2, 0.25) is 0 Å². The number of nitrogens with zero attached hydrogens (tertiary/aromatic N) is 2. The molecule has 4 aromatic rings. The topological polar surface area (TPSA) is 114 Å². The van der Waals surface area contributed by atoms with Gasteiger partial charge in [-0.3, -0.25) is 14.0 Å². The molecule has 0 unspecified atom stereocenters. The molecule has 3 amide bonds. The number of rotatable bonds is 6. The Bertz CT molecular complexity index is 1430. The first-order valence-electron chi connectivity index (χ1n) is 11.6. The van der Waals surface area contributed by atoms with Crippen LogP contribution in [0.15, 0.2) is 48.7 Å². The van der Waals surface area contributed by atoms with Crippen molar-refractivity contribution in [2.45, 2.75) is 39.3 Å². The molecule has 0 radical (unpaired) electrons. The molecule has 2 heterocycles. The number of carbonyl (C=O) groups is 3. The average molecular weight is 508 g/mol. The fourth-order valence-electron chi connectivity index (χ4n) is 3.63. The minimum atomic E-state index is -0.579. The summed E-state index contributed by atoms with van der Waals surface area (Å²) in [4.78, 5) is 41.9. The number of alkyl carbamates (subject to hydrolysis) is 1. The summed E-state index contributed by atoms with van der Waals surface area (Å²) in [5.41, 5.74) is 3.21. The van der Waals surface area contributed by atoms with Crippen LogP contribution in [0.3, 0.4) is 0 Å². The van der Waals surface area contributed by atoms with Crippen LogP contribution in [0.1, 0.15) is 48.4 Å². The van der Waals surface area contributed by atoms with Crippen molar-refractivity contribution in [3.63, 3.8) is 0 Å². The lowest BCUT2D eigenvalue weighted by Gasteiger charge is -2.21. The normalized spacial score (nSPS) is 12.4. The summed E-state index contributed by atoms with van der Waals surface area (Å²) >= 11 is 1.49. The van der Waals surface area contributed by atoms with Crippen LogP contribution in [0, 0.1) is 0 Å². The van der Waals surface area contributed by atoms with Crippen LogP contribution >= 0.6 is 11.3 Å². The third-order valence-corrected chi connectivity index (χ3v) is 6.37. The molecule has 36 heavy (non-hydrogen) atoms. The molecule has 3 N–H and O–H groups in total. The molecule has 4 rings (SSSR count). The van der Waals surface area contributed by atoms with E-state index in [1.54, 1.807) is 46.0 Å². The number of hydrogen-bond donors (Lipinski definition) is 3. The predicted molar refractivity (Wildman–Crippen MR) is 141 cm³/mol. The van der Waals surface area contributed by atoms with Gasteiger partial charge in [0.25, 0.3) is 11.8 Å². The van der Waals surface area contributed by atoms with Crippen LogP contribution in [0.25, 0.3) is 26.4 Å². The van der Waals surface area contributed by atoms with Crippen molar-refractivity contribution in [1.82, 2.24) is 25.3 Å². The second-order valence-corrected chi connectivity index (χ2v) is 10.5. The number of fused-ring (bicyclic) bond motifs is 3. The van der Waals surface area contributed by atoms with E-state index < -0.39 is 11.7 Å². The first-order chi connectivity index (χ1) is 17.0. The molecule has 0 aliphatic rings. The number of benzene rings is 2. The Morgan fingerprint density at radius 1 is 1.06 bits per heavy atom. The van der Waals surface area contributed by atoms with Gasteiger partial charge in [0.05, 0.1) is 15.9 Å². The Labute approximate surface area is 212 Å². The highest BCUT2D eigenvalue weighted by molar-refractivity contribution is 7.23. The summed E-state index contributed by atoms with van der Waals surface area (Å²) in [5, 5.41) is 8.17. The maximum atomic E-state index is 12.8. The summed E-state index contributed by atoms with van der Waals surface area (Å²) in [6.45, 7) is 7.45. The van der Waals surface area contributed by atoms with E-state index in [9.17, 15) is 14.4 Å². The minimum absolute atomic E-state index is 0.132. The van der Waals surface area contributed by atoms with Crippen molar-refractivity contribution >= 4 is 44.4 Å². The third-order valence-electron chi connectivity index (χ3n) is 5.36. The van der Waals surface area contributed by atoms with Crippen molar-refractivity contribution in [2.24, 2.45) is 0 Å². The number of nitrogens with one attached hydrogen (secondary N) is 3. The monoisotopic (exact) mass is 507 g/mol. The van der Waals surface area contributed by atoms with E-state index in [4.69, 9.17) is 9.72 Å². The zero-order valence-electron chi connectivity index (χ0n) is 20.8. The summed E-state index contributed by atoms with van der Waals surface area (Å²) in [7, 11) is 1.60. The highest BCUT2D eigenvalue weighted by atomic mass is 32.1. The van der Waals surface area contributed by atoms with Gasteiger partial charge in [0.1, 0.15) is 5.60 Å². The standard InChI is InChI=1S/C26H29N5O4S/c1-15(13-28-25(34)35-26(2,3)4)29-23(33)18-10-11-20-21(12-18)36-24-30-19(14-31(20)24)16-6-8-17(9-7-16)22(32)27-5/h6-12,14-15H,13H2,1-5H3,(H,27,32)(H,28,34)(H,29,33)/t15-/m0/s1. The van der Waals surface area contributed by atoms with Crippen molar-refractivity contribution in [1.29, 1.82) is 0 Å². The third kappa shape index (κ3) is 5.65. The lowest BCUT2D eigenvalue weighted by Crippen LogP contribution is -2.43. The van der Waals surface area contributed by atoms with Gasteiger partial charge in [-0.15, -0.1) is 0 Å². The van der Waals surface area contributed by atoms with E-state index in [0.29, 0.717) is 11.1 Å². The number of ether oxygens (including phenoxy) is 1. The van der Waals surface area contributed by atoms with Gasteiger partial charge in [-0.1, -0.05) is 23.5 Å². The van der Waals surface area contributed by atoms with Crippen LogP contribution in [0.5, 0.6) is 0 Å². The van der Waals surface area contributed by atoms with Crippen molar-refractivity contribution in [3.05, 3.63) is 59.8 Å². The van der Waals surface area contributed by atoms with Crippen LogP contribution in [0.4, 0.5) is 4.79 Å². The smallest absolute Gasteiger partial charge is 0.407 e. The Morgan fingerprint density at radius 3 is 2.42 bits per heavy atom. The maximum absolute atomic E-state index is 12.8. The molecule has 1 atom stereocenters. The summed E-state index contributed by atoms with van der Waals surface area (Å²) in [6.07, 6.45) is 1.43.